The highest BCUT2D eigenvalue weighted by atomic mass is 32.1. The minimum absolute atomic E-state index is 0.0576. The Hall–Kier alpha value is -2.28. The molecule has 0 bridgehead atoms. The molecular weight excluding hydrogens is 370 g/mol. The number of hydrogen-bond donors (Lipinski definition) is 1. The molecule has 6 nitrogen and oxygen atoms in total. The number of nitrogens with one attached hydrogen (secondary N) is 1. The van der Waals surface area contributed by atoms with Gasteiger partial charge in [0.2, 0.25) is 0 Å². The van der Waals surface area contributed by atoms with Crippen molar-refractivity contribution in [3.8, 4) is 0 Å². The van der Waals surface area contributed by atoms with Gasteiger partial charge in [0.15, 0.2) is 5.65 Å². The number of aryl methyl sites for hydroxylation is 2. The summed E-state index contributed by atoms with van der Waals surface area (Å²) >= 11 is 1.64. The van der Waals surface area contributed by atoms with Crippen LogP contribution in [0, 0.1) is 13.8 Å². The molecule has 7 heteroatoms. The average molecular weight is 398 g/mol. The number of rotatable bonds is 5. The molecular formula is C21H27N5OS. The predicted molar refractivity (Wildman–Crippen MR) is 112 cm³/mol. The lowest BCUT2D eigenvalue weighted by molar-refractivity contribution is 0.0955. The Morgan fingerprint density at radius 1 is 1.29 bits per heavy atom. The molecule has 1 fully saturated rings. The van der Waals surface area contributed by atoms with Gasteiger partial charge in [0.1, 0.15) is 0 Å². The van der Waals surface area contributed by atoms with Crippen LogP contribution in [0.4, 0.5) is 0 Å². The van der Waals surface area contributed by atoms with Crippen molar-refractivity contribution in [3.05, 3.63) is 39.1 Å². The Kier molecular flexibility index (Phi) is 4.73. The quantitative estimate of drug-likeness (QED) is 0.703. The number of amides is 1. The van der Waals surface area contributed by atoms with Crippen LogP contribution < -0.4 is 5.32 Å². The van der Waals surface area contributed by atoms with Crippen LogP contribution in [-0.4, -0.2) is 32.2 Å². The van der Waals surface area contributed by atoms with Crippen LogP contribution in [0.15, 0.2) is 11.4 Å². The molecule has 3 aromatic rings. The van der Waals surface area contributed by atoms with Crippen LogP contribution in [0.5, 0.6) is 0 Å². The summed E-state index contributed by atoms with van der Waals surface area (Å²) in [7, 11) is 0. The molecule has 0 saturated heterocycles. The third kappa shape index (κ3) is 3.68. The summed E-state index contributed by atoms with van der Waals surface area (Å²) in [6.07, 6.45) is 3.02. The topological polar surface area (TPSA) is 72.7 Å². The SMILES string of the molecule is Cc1nc(CCNC(=O)c2cc(C3CC3)nc3c2c(C)nn3C(C)(C)C)cs1. The third-order valence-corrected chi connectivity index (χ3v) is 5.86. The van der Waals surface area contributed by atoms with Crippen LogP contribution in [0.3, 0.4) is 0 Å². The Labute approximate surface area is 169 Å². The maximum atomic E-state index is 13.1. The molecule has 1 aliphatic carbocycles. The minimum atomic E-state index is -0.197. The van der Waals surface area contributed by atoms with E-state index in [9.17, 15) is 4.79 Å². The van der Waals surface area contributed by atoms with E-state index in [1.165, 1.54) is 0 Å². The Balaban J connectivity index is 1.66. The molecule has 1 N–H and O–H groups in total. The molecule has 1 amide bonds. The minimum Gasteiger partial charge on any atom is -0.352 e. The first-order valence-corrected chi connectivity index (χ1v) is 10.7. The third-order valence-electron chi connectivity index (χ3n) is 5.04. The first kappa shape index (κ1) is 19.1. The van der Waals surface area contributed by atoms with Crippen LogP contribution in [-0.2, 0) is 12.0 Å². The maximum absolute atomic E-state index is 13.1. The van der Waals surface area contributed by atoms with Crippen molar-refractivity contribution >= 4 is 28.3 Å². The van der Waals surface area contributed by atoms with Gasteiger partial charge in [-0.2, -0.15) is 5.10 Å². The van der Waals surface area contributed by atoms with Gasteiger partial charge < -0.3 is 5.32 Å². The number of aromatic nitrogens is 4. The highest BCUT2D eigenvalue weighted by molar-refractivity contribution is 7.09. The molecule has 1 saturated carbocycles. The molecule has 4 rings (SSSR count). The van der Waals surface area contributed by atoms with Gasteiger partial charge in [-0.25, -0.2) is 14.6 Å². The first-order chi connectivity index (χ1) is 13.2. The summed E-state index contributed by atoms with van der Waals surface area (Å²) in [6.45, 7) is 10.9. The van der Waals surface area contributed by atoms with Crippen LogP contribution >= 0.6 is 11.3 Å². The molecule has 0 radical (unpaired) electrons. The van der Waals surface area contributed by atoms with Crippen molar-refractivity contribution in [2.24, 2.45) is 0 Å². The number of pyridine rings is 1. The standard InChI is InChI=1S/C21H27N5OS/c1-12-18-16(20(27)22-9-8-15-11-28-13(2)23-15)10-17(14-6-7-14)24-19(18)26(25-12)21(3,4)5/h10-11,14H,6-9H2,1-5H3,(H,22,27). The second-order valence-electron chi connectivity index (χ2n) is 8.60. The second kappa shape index (κ2) is 6.95. The summed E-state index contributed by atoms with van der Waals surface area (Å²) in [5, 5.41) is 11.8. The highest BCUT2D eigenvalue weighted by Gasteiger charge is 2.30. The van der Waals surface area contributed by atoms with Gasteiger partial charge in [0, 0.05) is 30.0 Å². The van der Waals surface area contributed by atoms with Crippen molar-refractivity contribution < 1.29 is 4.79 Å². The number of carbonyl (C=O) groups is 1. The lowest BCUT2D eigenvalue weighted by Gasteiger charge is -2.20. The maximum Gasteiger partial charge on any atom is 0.252 e. The summed E-state index contributed by atoms with van der Waals surface area (Å²) in [5.74, 6) is 0.412. The largest absolute Gasteiger partial charge is 0.352 e. The van der Waals surface area contributed by atoms with E-state index in [4.69, 9.17) is 10.1 Å². The Morgan fingerprint density at radius 2 is 2.04 bits per heavy atom. The number of thiazole rings is 1. The molecule has 148 valence electrons. The fourth-order valence-corrected chi connectivity index (χ4v) is 4.11. The Morgan fingerprint density at radius 3 is 2.64 bits per heavy atom. The van der Waals surface area contributed by atoms with E-state index in [0.717, 1.165) is 52.4 Å². The van der Waals surface area contributed by atoms with Crippen molar-refractivity contribution in [2.45, 2.75) is 65.3 Å². The van der Waals surface area contributed by atoms with E-state index in [2.05, 4.69) is 36.5 Å². The molecule has 0 spiro atoms. The summed E-state index contributed by atoms with van der Waals surface area (Å²) in [6, 6.07) is 1.98. The van der Waals surface area contributed by atoms with Gasteiger partial charge in [0.25, 0.3) is 5.91 Å². The van der Waals surface area contributed by atoms with Gasteiger partial charge in [-0.3, -0.25) is 4.79 Å². The summed E-state index contributed by atoms with van der Waals surface area (Å²) < 4.78 is 1.96. The van der Waals surface area contributed by atoms with Crippen LogP contribution in [0.1, 0.15) is 72.0 Å². The van der Waals surface area contributed by atoms with Crippen LogP contribution in [0.25, 0.3) is 11.0 Å². The number of carbonyl (C=O) groups excluding carboxylic acids is 1. The monoisotopic (exact) mass is 397 g/mol. The molecule has 0 atom stereocenters. The molecule has 0 unspecified atom stereocenters. The van der Waals surface area contributed by atoms with Gasteiger partial charge in [0.05, 0.1) is 32.9 Å². The Bertz CT molecular complexity index is 1040. The van der Waals surface area contributed by atoms with E-state index in [1.54, 1.807) is 11.3 Å². The zero-order valence-electron chi connectivity index (χ0n) is 17.2. The molecule has 0 aromatic carbocycles. The average Bonchev–Trinajstić information content (AvgIpc) is 3.31. The predicted octanol–water partition coefficient (Wildman–Crippen LogP) is 4.11. The van der Waals surface area contributed by atoms with Crippen LogP contribution in [0.2, 0.25) is 0 Å². The van der Waals surface area contributed by atoms with E-state index in [1.807, 2.05) is 24.6 Å². The molecule has 3 aromatic heterocycles. The fraction of sp³-hybridized carbons (Fsp3) is 0.524. The molecule has 0 aliphatic heterocycles. The molecule has 3 heterocycles. The van der Waals surface area contributed by atoms with Gasteiger partial charge in [-0.15, -0.1) is 11.3 Å². The van der Waals surface area contributed by atoms with E-state index < -0.39 is 0 Å². The summed E-state index contributed by atoms with van der Waals surface area (Å²) in [5.41, 5.74) is 4.19. The first-order valence-electron chi connectivity index (χ1n) is 9.84. The number of fused-ring (bicyclic) bond motifs is 1. The van der Waals surface area contributed by atoms with E-state index in [0.29, 0.717) is 18.0 Å². The highest BCUT2D eigenvalue weighted by Crippen LogP contribution is 2.40. The normalized spacial score (nSPS) is 14.6. The zero-order chi connectivity index (χ0) is 20.1. The van der Waals surface area contributed by atoms with Gasteiger partial charge >= 0.3 is 0 Å². The van der Waals surface area contributed by atoms with Crippen molar-refractivity contribution in [2.75, 3.05) is 6.54 Å². The van der Waals surface area contributed by atoms with Crippen molar-refractivity contribution in [1.29, 1.82) is 0 Å². The van der Waals surface area contributed by atoms with Crippen molar-refractivity contribution in [1.82, 2.24) is 25.1 Å². The molecule has 28 heavy (non-hydrogen) atoms. The second-order valence-corrected chi connectivity index (χ2v) is 9.66. The number of nitrogens with zero attached hydrogens (tertiary/aromatic N) is 4. The summed E-state index contributed by atoms with van der Waals surface area (Å²) in [4.78, 5) is 22.4. The zero-order valence-corrected chi connectivity index (χ0v) is 18.0. The van der Waals surface area contributed by atoms with Gasteiger partial charge in [-0.1, -0.05) is 0 Å². The smallest absolute Gasteiger partial charge is 0.252 e. The van der Waals surface area contributed by atoms with E-state index in [-0.39, 0.29) is 11.4 Å². The molecule has 1 aliphatic rings. The number of hydrogen-bond acceptors (Lipinski definition) is 5. The fourth-order valence-electron chi connectivity index (χ4n) is 3.47. The van der Waals surface area contributed by atoms with Gasteiger partial charge in [-0.05, 0) is 53.5 Å². The lowest BCUT2D eigenvalue weighted by atomic mass is 10.1. The lowest BCUT2D eigenvalue weighted by Crippen LogP contribution is -2.27. The van der Waals surface area contributed by atoms with E-state index >= 15 is 0 Å². The van der Waals surface area contributed by atoms with Crippen molar-refractivity contribution in [3.63, 3.8) is 0 Å².